The van der Waals surface area contributed by atoms with E-state index in [2.05, 4.69) is 30.3 Å². The van der Waals surface area contributed by atoms with E-state index < -0.39 is 0 Å². The minimum atomic E-state index is -0.0553. The van der Waals surface area contributed by atoms with E-state index in [1.807, 2.05) is 23.9 Å². The summed E-state index contributed by atoms with van der Waals surface area (Å²) in [5, 5.41) is 7.25. The predicted octanol–water partition coefficient (Wildman–Crippen LogP) is 1.05. The Morgan fingerprint density at radius 1 is 1.28 bits per heavy atom. The molecule has 3 aromatic heterocycles. The van der Waals surface area contributed by atoms with Crippen molar-refractivity contribution in [1.82, 2.24) is 30.0 Å². The number of aromatic amines is 1. The highest BCUT2D eigenvalue weighted by atomic mass is 16.2. The summed E-state index contributed by atoms with van der Waals surface area (Å²) in [4.78, 5) is 27.8. The molecule has 2 aliphatic rings. The lowest BCUT2D eigenvalue weighted by Crippen LogP contribution is -2.48. The Bertz CT molecular complexity index is 954. The molecular weight excluding hydrogens is 320 g/mol. The number of nitrogens with one attached hydrogen (secondary N) is 2. The fourth-order valence-electron chi connectivity index (χ4n) is 3.48. The van der Waals surface area contributed by atoms with Crippen LogP contribution in [0.1, 0.15) is 11.7 Å². The zero-order chi connectivity index (χ0) is 17.0. The van der Waals surface area contributed by atoms with Crippen LogP contribution in [0.2, 0.25) is 0 Å². The molecule has 0 aliphatic carbocycles. The van der Waals surface area contributed by atoms with Gasteiger partial charge in [0.15, 0.2) is 5.82 Å². The van der Waals surface area contributed by atoms with Crippen LogP contribution in [-0.4, -0.2) is 56.9 Å². The Hall–Kier alpha value is -3.10. The molecule has 0 radical (unpaired) electrons. The van der Waals surface area contributed by atoms with E-state index in [-0.39, 0.29) is 12.1 Å². The summed E-state index contributed by atoms with van der Waals surface area (Å²) in [7, 11) is 0. The lowest BCUT2D eigenvalue weighted by molar-refractivity contribution is 0.252. The average molecular weight is 338 g/mol. The number of hydrogen-bond acceptors (Lipinski definition) is 5. The highest BCUT2D eigenvalue weighted by Crippen LogP contribution is 2.31. The lowest BCUT2D eigenvalue weighted by Gasteiger charge is -2.40. The molecule has 0 unspecified atom stereocenters. The molecule has 128 valence electrons. The lowest BCUT2D eigenvalue weighted by atomic mass is 10.1. The number of carbonyl (C=O) groups is 1. The molecule has 3 aromatic rings. The number of rotatable bonds is 3. The molecule has 2 saturated heterocycles. The first kappa shape index (κ1) is 14.3. The van der Waals surface area contributed by atoms with Crippen molar-refractivity contribution in [3.05, 3.63) is 30.5 Å². The van der Waals surface area contributed by atoms with Gasteiger partial charge in [0, 0.05) is 38.1 Å². The van der Waals surface area contributed by atoms with E-state index in [0.717, 1.165) is 41.3 Å². The molecule has 0 saturated carbocycles. The van der Waals surface area contributed by atoms with Crippen molar-refractivity contribution < 1.29 is 4.79 Å². The van der Waals surface area contributed by atoms with Gasteiger partial charge in [0.2, 0.25) is 0 Å². The maximum absolute atomic E-state index is 11.8. The van der Waals surface area contributed by atoms with E-state index in [4.69, 9.17) is 0 Å². The second kappa shape index (κ2) is 5.20. The number of carbonyl (C=O) groups excluding carboxylic acids is 1. The number of aromatic nitrogens is 5. The van der Waals surface area contributed by atoms with Gasteiger partial charge >= 0.3 is 6.03 Å². The Labute approximate surface area is 143 Å². The van der Waals surface area contributed by atoms with Crippen LogP contribution in [0.15, 0.2) is 24.8 Å². The van der Waals surface area contributed by atoms with Gasteiger partial charge in [-0.2, -0.15) is 5.10 Å². The van der Waals surface area contributed by atoms with Crippen LogP contribution in [-0.2, 0) is 0 Å². The number of fused-ring (bicyclic) bond motifs is 1. The van der Waals surface area contributed by atoms with Crippen molar-refractivity contribution in [3.8, 4) is 0 Å². The van der Waals surface area contributed by atoms with Crippen LogP contribution in [0.3, 0.4) is 0 Å². The van der Waals surface area contributed by atoms with Crippen molar-refractivity contribution in [2.24, 2.45) is 0 Å². The first-order chi connectivity index (χ1) is 12.2. The Morgan fingerprint density at radius 3 is 2.96 bits per heavy atom. The maximum atomic E-state index is 11.8. The summed E-state index contributed by atoms with van der Waals surface area (Å²) in [6.07, 6.45) is 5.31. The molecule has 9 nitrogen and oxygen atoms in total. The third-order valence-electron chi connectivity index (χ3n) is 4.82. The quantitative estimate of drug-likeness (QED) is 0.744. The van der Waals surface area contributed by atoms with E-state index >= 15 is 0 Å². The molecule has 5 heterocycles. The standard InChI is InChI=1S/C16H18N8O/c1-10-4-13-14(21-10)15(19-9-18-13)22-6-12(7-22)24-8-11(5-20-24)23-3-2-17-16(23)25/h4-5,8-9,12,21H,2-3,6-7H2,1H3,(H,17,25). The molecular formula is C16H18N8O. The van der Waals surface area contributed by atoms with Gasteiger partial charge in [0.05, 0.1) is 23.4 Å². The number of hydrogen-bond donors (Lipinski definition) is 2. The Morgan fingerprint density at radius 2 is 2.16 bits per heavy atom. The molecule has 0 bridgehead atoms. The molecule has 2 aliphatic heterocycles. The molecule has 2 fully saturated rings. The minimum absolute atomic E-state index is 0.0553. The second-order valence-electron chi connectivity index (χ2n) is 6.53. The van der Waals surface area contributed by atoms with E-state index in [1.165, 1.54) is 0 Å². The third-order valence-corrected chi connectivity index (χ3v) is 4.82. The summed E-state index contributed by atoms with van der Waals surface area (Å²) in [6.45, 7) is 5.05. The zero-order valence-corrected chi connectivity index (χ0v) is 13.8. The summed E-state index contributed by atoms with van der Waals surface area (Å²) in [6, 6.07) is 2.25. The minimum Gasteiger partial charge on any atom is -0.354 e. The largest absolute Gasteiger partial charge is 0.354 e. The first-order valence-corrected chi connectivity index (χ1v) is 8.34. The van der Waals surface area contributed by atoms with E-state index in [1.54, 1.807) is 17.4 Å². The Balaban J connectivity index is 1.33. The van der Waals surface area contributed by atoms with Crippen molar-refractivity contribution in [2.45, 2.75) is 13.0 Å². The van der Waals surface area contributed by atoms with Crippen LogP contribution in [0.5, 0.6) is 0 Å². The number of nitrogens with zero attached hydrogens (tertiary/aromatic N) is 6. The van der Waals surface area contributed by atoms with Gasteiger partial charge in [0.1, 0.15) is 11.8 Å². The fourth-order valence-corrected chi connectivity index (χ4v) is 3.48. The van der Waals surface area contributed by atoms with Crippen LogP contribution in [0, 0.1) is 6.92 Å². The van der Waals surface area contributed by atoms with Crippen LogP contribution < -0.4 is 15.1 Å². The molecule has 9 heteroatoms. The zero-order valence-electron chi connectivity index (χ0n) is 13.8. The van der Waals surface area contributed by atoms with Gasteiger partial charge in [0.25, 0.3) is 0 Å². The van der Waals surface area contributed by atoms with Gasteiger partial charge in [-0.25, -0.2) is 14.8 Å². The van der Waals surface area contributed by atoms with Gasteiger partial charge in [-0.05, 0) is 13.0 Å². The van der Waals surface area contributed by atoms with Crippen molar-refractivity contribution >= 4 is 28.6 Å². The van der Waals surface area contributed by atoms with Crippen LogP contribution in [0.25, 0.3) is 11.0 Å². The number of urea groups is 1. The number of amides is 2. The highest BCUT2D eigenvalue weighted by molar-refractivity contribution is 5.93. The number of aryl methyl sites for hydroxylation is 1. The number of anilines is 2. The van der Waals surface area contributed by atoms with Crippen molar-refractivity contribution in [2.75, 3.05) is 36.0 Å². The fraction of sp³-hybridized carbons (Fsp3) is 0.375. The SMILES string of the molecule is Cc1cc2ncnc(N3CC(n4cc(N5CCNC5=O)cn4)C3)c2[nH]1. The molecule has 0 spiro atoms. The van der Waals surface area contributed by atoms with Gasteiger partial charge < -0.3 is 15.2 Å². The summed E-state index contributed by atoms with van der Waals surface area (Å²) in [5.74, 6) is 0.931. The molecule has 2 N–H and O–H groups in total. The van der Waals surface area contributed by atoms with E-state index in [9.17, 15) is 4.79 Å². The molecule has 5 rings (SSSR count). The van der Waals surface area contributed by atoms with Gasteiger partial charge in [-0.15, -0.1) is 0 Å². The summed E-state index contributed by atoms with van der Waals surface area (Å²) in [5.41, 5.74) is 3.84. The van der Waals surface area contributed by atoms with E-state index in [0.29, 0.717) is 13.1 Å². The highest BCUT2D eigenvalue weighted by Gasteiger charge is 2.32. The molecule has 0 aromatic carbocycles. The molecule has 0 atom stereocenters. The van der Waals surface area contributed by atoms with Gasteiger partial charge in [-0.3, -0.25) is 9.58 Å². The Kier molecular flexibility index (Phi) is 2.97. The number of H-pyrrole nitrogens is 1. The second-order valence-corrected chi connectivity index (χ2v) is 6.53. The molecule has 2 amide bonds. The maximum Gasteiger partial charge on any atom is 0.322 e. The smallest absolute Gasteiger partial charge is 0.322 e. The van der Waals surface area contributed by atoms with Crippen LogP contribution >= 0.6 is 0 Å². The third kappa shape index (κ3) is 2.23. The summed E-state index contributed by atoms with van der Waals surface area (Å²) >= 11 is 0. The average Bonchev–Trinajstić information content (AvgIpc) is 3.25. The van der Waals surface area contributed by atoms with Gasteiger partial charge in [-0.1, -0.05) is 0 Å². The topological polar surface area (TPSA) is 95.0 Å². The summed E-state index contributed by atoms with van der Waals surface area (Å²) < 4.78 is 1.94. The molecule has 25 heavy (non-hydrogen) atoms. The van der Waals surface area contributed by atoms with Crippen LogP contribution in [0.4, 0.5) is 16.3 Å². The van der Waals surface area contributed by atoms with Crippen molar-refractivity contribution in [3.63, 3.8) is 0 Å². The first-order valence-electron chi connectivity index (χ1n) is 8.34. The predicted molar refractivity (Wildman–Crippen MR) is 92.8 cm³/mol. The normalized spacial score (nSPS) is 18.0. The van der Waals surface area contributed by atoms with Crippen molar-refractivity contribution in [1.29, 1.82) is 0 Å². The monoisotopic (exact) mass is 338 g/mol.